The summed E-state index contributed by atoms with van der Waals surface area (Å²) in [5.74, 6) is -0.311. The van der Waals surface area contributed by atoms with Crippen LogP contribution in [0.1, 0.15) is 45.0 Å². The molecule has 0 unspecified atom stereocenters. The smallest absolute Gasteiger partial charge is 0.399 e. The second-order valence-electron chi connectivity index (χ2n) is 7.91. The first-order valence-electron chi connectivity index (χ1n) is 9.50. The van der Waals surface area contributed by atoms with E-state index in [2.05, 4.69) is 12.8 Å². The molecule has 0 aliphatic carbocycles. The van der Waals surface area contributed by atoms with Crippen LogP contribution < -0.4 is 10.9 Å². The zero-order valence-corrected chi connectivity index (χ0v) is 17.9. The molecule has 1 aliphatic heterocycles. The quantitative estimate of drug-likeness (QED) is 0.440. The highest BCUT2D eigenvalue weighted by atomic mass is 16.7. The van der Waals surface area contributed by atoms with Crippen LogP contribution in [0.15, 0.2) is 29.2 Å². The van der Waals surface area contributed by atoms with E-state index in [0.29, 0.717) is 12.0 Å². The van der Waals surface area contributed by atoms with Crippen molar-refractivity contribution in [1.29, 1.82) is 0 Å². The van der Waals surface area contributed by atoms with Crippen molar-refractivity contribution in [3.8, 4) is 12.8 Å². The predicted molar refractivity (Wildman–Crippen MR) is 116 cm³/mol. The summed E-state index contributed by atoms with van der Waals surface area (Å²) < 4.78 is 19.1. The summed E-state index contributed by atoms with van der Waals surface area (Å²) in [6.07, 6.45) is 9.57. The van der Waals surface area contributed by atoms with Gasteiger partial charge in [-0.15, -0.1) is 12.8 Å². The molecule has 0 radical (unpaired) electrons. The van der Waals surface area contributed by atoms with Crippen LogP contribution in [0.4, 0.5) is 0 Å². The number of rotatable bonds is 5. The lowest BCUT2D eigenvalue weighted by molar-refractivity contribution is 0.00578. The minimum absolute atomic E-state index is 0.0940. The Hall–Kier alpha value is -2.40. The van der Waals surface area contributed by atoms with Crippen molar-refractivity contribution in [3.63, 3.8) is 0 Å². The largest absolute Gasteiger partial charge is 0.494 e. The van der Waals surface area contributed by atoms with E-state index in [1.807, 2.05) is 53.8 Å². The molecule has 0 atom stereocenters. The monoisotopic (exact) mass is 397 g/mol. The first-order chi connectivity index (χ1) is 13.6. The highest BCUT2D eigenvalue weighted by Crippen LogP contribution is 2.36. The number of carbonyl (C=O) groups excluding carboxylic acids is 1. The number of ketones is 1. The van der Waals surface area contributed by atoms with E-state index in [1.165, 1.54) is 0 Å². The average Bonchev–Trinajstić information content (AvgIpc) is 2.91. The molecule has 0 bridgehead atoms. The van der Waals surface area contributed by atoms with Gasteiger partial charge in [0.25, 0.3) is 0 Å². The maximum absolute atomic E-state index is 12.8. The van der Waals surface area contributed by atoms with Gasteiger partial charge in [0, 0.05) is 25.2 Å². The third kappa shape index (κ3) is 4.30. The van der Waals surface area contributed by atoms with Crippen LogP contribution in [0.3, 0.4) is 0 Å². The molecule has 2 aromatic rings. The number of hydrogen-bond acceptors (Lipinski definition) is 5. The molecule has 2 heterocycles. The molecular formula is C22H28BNO5. The van der Waals surface area contributed by atoms with Crippen LogP contribution in [0.2, 0.25) is 0 Å². The van der Waals surface area contributed by atoms with Crippen molar-refractivity contribution in [1.82, 2.24) is 4.57 Å². The lowest BCUT2D eigenvalue weighted by Crippen LogP contribution is -2.41. The zero-order chi connectivity index (χ0) is 22.0. The van der Waals surface area contributed by atoms with E-state index >= 15 is 0 Å². The summed E-state index contributed by atoms with van der Waals surface area (Å²) in [5.41, 5.74) is 0.544. The SMILES string of the molecule is C#C.CCOCC(=O)c1cn(C)c2cc(B3OC(C)(C)C(C)(C)O3)ccc2c1=O. The second-order valence-corrected chi connectivity index (χ2v) is 7.91. The number of Topliss-reactive ketones (excluding diaryl/α,β-unsaturated/α-hetero) is 1. The normalized spacial score (nSPS) is 17.0. The van der Waals surface area contributed by atoms with Crippen LogP contribution in [0, 0.1) is 12.8 Å². The number of hydrogen-bond donors (Lipinski definition) is 0. The Balaban J connectivity index is 0.00000145. The standard InChI is InChI=1S/C20H26BNO5.C2H2/c1-7-25-12-17(23)15-11-22(6)16-10-13(8-9-14(16)18(15)24)21-26-19(2,3)20(4,5)27-21;1-2/h8-11H,7,12H2,1-6H3;1-2H. The van der Waals surface area contributed by atoms with Crippen LogP contribution in [-0.2, 0) is 21.1 Å². The number of benzene rings is 1. The number of carbonyl (C=O) groups is 1. The zero-order valence-electron chi connectivity index (χ0n) is 17.9. The van der Waals surface area contributed by atoms with E-state index in [0.717, 1.165) is 11.0 Å². The Kier molecular flexibility index (Phi) is 6.74. The van der Waals surface area contributed by atoms with E-state index < -0.39 is 18.3 Å². The molecule has 3 rings (SSSR count). The van der Waals surface area contributed by atoms with Gasteiger partial charge in [-0.2, -0.15) is 0 Å². The summed E-state index contributed by atoms with van der Waals surface area (Å²) in [6.45, 7) is 10.1. The topological polar surface area (TPSA) is 66.8 Å². The first kappa shape index (κ1) is 22.9. The number of fused-ring (bicyclic) bond motifs is 1. The third-order valence-electron chi connectivity index (χ3n) is 5.48. The van der Waals surface area contributed by atoms with Crippen molar-refractivity contribution in [2.45, 2.75) is 45.8 Å². The van der Waals surface area contributed by atoms with Crippen molar-refractivity contribution >= 4 is 29.3 Å². The number of nitrogens with zero attached hydrogens (tertiary/aromatic N) is 1. The molecule has 1 aromatic carbocycles. The van der Waals surface area contributed by atoms with Gasteiger partial charge in [0.15, 0.2) is 11.2 Å². The van der Waals surface area contributed by atoms with Crippen molar-refractivity contribution in [3.05, 3.63) is 40.2 Å². The molecule has 0 amide bonds. The Morgan fingerprint density at radius 2 is 1.76 bits per heavy atom. The maximum Gasteiger partial charge on any atom is 0.494 e. The summed E-state index contributed by atoms with van der Waals surface area (Å²) in [7, 11) is 1.31. The van der Waals surface area contributed by atoms with Gasteiger partial charge in [-0.05, 0) is 52.2 Å². The van der Waals surface area contributed by atoms with E-state index in [9.17, 15) is 9.59 Å². The van der Waals surface area contributed by atoms with E-state index in [1.54, 1.807) is 16.8 Å². The molecule has 1 aromatic heterocycles. The minimum Gasteiger partial charge on any atom is -0.399 e. The number of aromatic nitrogens is 1. The van der Waals surface area contributed by atoms with Crippen LogP contribution in [0.25, 0.3) is 10.9 Å². The molecule has 1 fully saturated rings. The fourth-order valence-corrected chi connectivity index (χ4v) is 3.10. The summed E-state index contributed by atoms with van der Waals surface area (Å²) in [6, 6.07) is 5.44. The Morgan fingerprint density at radius 3 is 2.31 bits per heavy atom. The maximum atomic E-state index is 12.8. The van der Waals surface area contributed by atoms with Crippen LogP contribution in [-0.4, -0.2) is 41.9 Å². The number of pyridine rings is 1. The first-order valence-corrected chi connectivity index (χ1v) is 9.50. The fraction of sp³-hybridized carbons (Fsp3) is 0.455. The van der Waals surface area contributed by atoms with Crippen molar-refractivity contribution in [2.75, 3.05) is 13.2 Å². The summed E-state index contributed by atoms with van der Waals surface area (Å²) >= 11 is 0. The average molecular weight is 397 g/mol. The number of aryl methyl sites for hydroxylation is 1. The summed E-state index contributed by atoms with van der Waals surface area (Å²) in [4.78, 5) is 25.0. The molecule has 1 aliphatic rings. The lowest BCUT2D eigenvalue weighted by atomic mass is 9.78. The second kappa shape index (κ2) is 8.54. The van der Waals surface area contributed by atoms with Crippen LogP contribution in [0.5, 0.6) is 0 Å². The van der Waals surface area contributed by atoms with Gasteiger partial charge in [-0.3, -0.25) is 9.59 Å². The molecule has 154 valence electrons. The van der Waals surface area contributed by atoms with Gasteiger partial charge in [0.2, 0.25) is 0 Å². The molecule has 7 heteroatoms. The van der Waals surface area contributed by atoms with Crippen molar-refractivity contribution in [2.24, 2.45) is 7.05 Å². The van der Waals surface area contributed by atoms with E-state index in [4.69, 9.17) is 14.0 Å². The Labute approximate surface area is 172 Å². The molecule has 0 N–H and O–H groups in total. The predicted octanol–water partition coefficient (Wildman–Crippen LogP) is 2.31. The van der Waals surface area contributed by atoms with Gasteiger partial charge in [-0.1, -0.05) is 6.07 Å². The van der Waals surface area contributed by atoms with Gasteiger partial charge in [0.1, 0.15) is 6.61 Å². The summed E-state index contributed by atoms with van der Waals surface area (Å²) in [5, 5.41) is 0.486. The fourth-order valence-electron chi connectivity index (χ4n) is 3.10. The van der Waals surface area contributed by atoms with Gasteiger partial charge < -0.3 is 18.6 Å². The molecule has 6 nitrogen and oxygen atoms in total. The molecular weight excluding hydrogens is 369 g/mol. The van der Waals surface area contributed by atoms with E-state index in [-0.39, 0.29) is 23.4 Å². The number of ether oxygens (including phenoxy) is 1. The highest BCUT2D eigenvalue weighted by Gasteiger charge is 2.51. The van der Waals surface area contributed by atoms with Gasteiger partial charge in [-0.25, -0.2) is 0 Å². The Morgan fingerprint density at radius 1 is 1.17 bits per heavy atom. The lowest BCUT2D eigenvalue weighted by Gasteiger charge is -2.32. The highest BCUT2D eigenvalue weighted by molar-refractivity contribution is 6.62. The van der Waals surface area contributed by atoms with Gasteiger partial charge in [0.05, 0.1) is 22.3 Å². The van der Waals surface area contributed by atoms with Gasteiger partial charge >= 0.3 is 7.12 Å². The van der Waals surface area contributed by atoms with Crippen molar-refractivity contribution < 1.29 is 18.8 Å². The van der Waals surface area contributed by atoms with Crippen LogP contribution >= 0.6 is 0 Å². The Bertz CT molecular complexity index is 974. The molecule has 29 heavy (non-hydrogen) atoms. The molecule has 0 spiro atoms. The number of terminal acetylenes is 1. The third-order valence-corrected chi connectivity index (χ3v) is 5.48. The molecule has 0 saturated carbocycles. The minimum atomic E-state index is -0.506. The molecule has 1 saturated heterocycles.